The van der Waals surface area contributed by atoms with Crippen molar-refractivity contribution in [1.82, 2.24) is 0 Å². The topological polar surface area (TPSA) is 67.8 Å². The molecule has 0 amide bonds. The Kier molecular flexibility index (Phi) is 4.63. The van der Waals surface area contributed by atoms with Gasteiger partial charge >= 0.3 is 0 Å². The number of hydrogen-bond donors (Lipinski definition) is 2. The minimum absolute atomic E-state index is 0.0378. The highest BCUT2D eigenvalue weighted by atomic mass is 79.9. The molecule has 0 aliphatic rings. The van der Waals surface area contributed by atoms with Gasteiger partial charge in [-0.25, -0.2) is 0 Å². The van der Waals surface area contributed by atoms with E-state index in [4.69, 9.17) is 15.7 Å². The van der Waals surface area contributed by atoms with Crippen LogP contribution in [0.1, 0.15) is 16.7 Å². The molecule has 0 spiro atoms. The van der Waals surface area contributed by atoms with Crippen LogP contribution in [-0.4, -0.2) is 11.0 Å². The van der Waals surface area contributed by atoms with Gasteiger partial charge in [0.15, 0.2) is 5.84 Å². The Morgan fingerprint density at radius 2 is 1.95 bits per heavy atom. The monoisotopic (exact) mass is 334 g/mol. The molecule has 0 radical (unpaired) electrons. The fraction of sp³-hybridized carbons (Fsp3) is 0.133. The summed E-state index contributed by atoms with van der Waals surface area (Å²) in [5, 5.41) is 11.8. The van der Waals surface area contributed by atoms with E-state index in [1.807, 2.05) is 43.3 Å². The lowest BCUT2D eigenvalue weighted by Gasteiger charge is -2.11. The maximum absolute atomic E-state index is 8.80. The van der Waals surface area contributed by atoms with Crippen molar-refractivity contribution in [2.45, 2.75) is 13.5 Å². The number of nitrogens with zero attached hydrogens (tertiary/aromatic N) is 1. The van der Waals surface area contributed by atoms with Crippen LogP contribution in [0.15, 0.2) is 52.1 Å². The van der Waals surface area contributed by atoms with E-state index in [2.05, 4.69) is 21.1 Å². The number of nitrogens with two attached hydrogens (primary N) is 1. The van der Waals surface area contributed by atoms with Gasteiger partial charge in [0, 0.05) is 4.47 Å². The highest BCUT2D eigenvalue weighted by molar-refractivity contribution is 9.10. The first-order valence-corrected chi connectivity index (χ1v) is 6.85. The molecule has 0 saturated heterocycles. The molecule has 2 aromatic carbocycles. The molecule has 0 heterocycles. The van der Waals surface area contributed by atoms with Gasteiger partial charge in [-0.15, -0.1) is 0 Å². The molecule has 4 nitrogen and oxygen atoms in total. The van der Waals surface area contributed by atoms with E-state index in [-0.39, 0.29) is 5.84 Å². The number of benzene rings is 2. The number of hydrogen-bond acceptors (Lipinski definition) is 3. The Morgan fingerprint density at radius 1 is 1.25 bits per heavy atom. The maximum Gasteiger partial charge on any atom is 0.173 e. The average Bonchev–Trinajstić information content (AvgIpc) is 2.46. The Balaban J connectivity index is 2.20. The van der Waals surface area contributed by atoms with E-state index < -0.39 is 0 Å². The summed E-state index contributed by atoms with van der Waals surface area (Å²) >= 11 is 3.39. The normalized spacial score (nSPS) is 11.4. The number of amidine groups is 1. The highest BCUT2D eigenvalue weighted by Crippen LogP contribution is 2.22. The molecule has 2 rings (SSSR count). The second kappa shape index (κ2) is 6.43. The lowest BCUT2D eigenvalue weighted by molar-refractivity contribution is 0.303. The maximum atomic E-state index is 8.80. The number of halogens is 1. The van der Waals surface area contributed by atoms with Crippen LogP contribution < -0.4 is 10.5 Å². The molecule has 0 aliphatic heterocycles. The van der Waals surface area contributed by atoms with Crippen molar-refractivity contribution in [2.75, 3.05) is 0 Å². The van der Waals surface area contributed by atoms with Crippen molar-refractivity contribution >= 4 is 21.8 Å². The van der Waals surface area contributed by atoms with Gasteiger partial charge in [-0.3, -0.25) is 0 Å². The second-order valence-corrected chi connectivity index (χ2v) is 5.32. The van der Waals surface area contributed by atoms with Gasteiger partial charge in [0.1, 0.15) is 12.4 Å². The Labute approximate surface area is 126 Å². The van der Waals surface area contributed by atoms with Gasteiger partial charge < -0.3 is 15.7 Å². The van der Waals surface area contributed by atoms with Gasteiger partial charge in [-0.2, -0.15) is 0 Å². The minimum atomic E-state index is 0.0378. The van der Waals surface area contributed by atoms with Crippen LogP contribution in [0, 0.1) is 6.92 Å². The molecule has 0 bridgehead atoms. The number of aryl methyl sites for hydroxylation is 1. The fourth-order valence-electron chi connectivity index (χ4n) is 1.76. The van der Waals surface area contributed by atoms with E-state index in [0.29, 0.717) is 17.9 Å². The Morgan fingerprint density at radius 3 is 2.60 bits per heavy atom. The lowest BCUT2D eigenvalue weighted by Crippen LogP contribution is -2.15. The van der Waals surface area contributed by atoms with Crippen LogP contribution in [0.3, 0.4) is 0 Å². The molecule has 0 aromatic heterocycles. The fourth-order valence-corrected chi connectivity index (χ4v) is 2.02. The summed E-state index contributed by atoms with van der Waals surface area (Å²) in [6.07, 6.45) is 0. The van der Waals surface area contributed by atoms with Crippen LogP contribution in [0.2, 0.25) is 0 Å². The zero-order chi connectivity index (χ0) is 14.5. The molecule has 20 heavy (non-hydrogen) atoms. The van der Waals surface area contributed by atoms with Crippen LogP contribution in [-0.2, 0) is 6.61 Å². The van der Waals surface area contributed by atoms with E-state index in [1.165, 1.54) is 0 Å². The van der Waals surface area contributed by atoms with Crippen molar-refractivity contribution in [2.24, 2.45) is 10.9 Å². The molecular formula is C15H15BrN2O2. The minimum Gasteiger partial charge on any atom is -0.488 e. The zero-order valence-electron chi connectivity index (χ0n) is 11.0. The molecule has 104 valence electrons. The van der Waals surface area contributed by atoms with Crippen LogP contribution >= 0.6 is 15.9 Å². The summed E-state index contributed by atoms with van der Waals surface area (Å²) in [6, 6.07) is 13.4. The Hall–Kier alpha value is -2.01. The van der Waals surface area contributed by atoms with E-state index in [0.717, 1.165) is 15.6 Å². The smallest absolute Gasteiger partial charge is 0.173 e. The summed E-state index contributed by atoms with van der Waals surface area (Å²) in [5.41, 5.74) is 8.32. The Bertz CT molecular complexity index is 624. The van der Waals surface area contributed by atoms with Gasteiger partial charge in [-0.05, 0) is 42.3 Å². The zero-order valence-corrected chi connectivity index (χ0v) is 12.6. The first kappa shape index (κ1) is 14.4. The van der Waals surface area contributed by atoms with Crippen molar-refractivity contribution in [3.05, 3.63) is 63.6 Å². The van der Waals surface area contributed by atoms with E-state index in [9.17, 15) is 0 Å². The van der Waals surface area contributed by atoms with Gasteiger partial charge in [0.25, 0.3) is 0 Å². The molecule has 3 N–H and O–H groups in total. The molecule has 0 saturated carbocycles. The average molecular weight is 335 g/mol. The third-order valence-electron chi connectivity index (χ3n) is 2.83. The van der Waals surface area contributed by atoms with E-state index >= 15 is 0 Å². The quantitative estimate of drug-likeness (QED) is 0.389. The number of oxime groups is 1. The molecule has 0 unspecified atom stereocenters. The molecule has 0 aliphatic carbocycles. The number of ether oxygens (including phenoxy) is 1. The van der Waals surface area contributed by atoms with Crippen LogP contribution in [0.4, 0.5) is 0 Å². The van der Waals surface area contributed by atoms with Gasteiger partial charge in [0.05, 0.1) is 5.56 Å². The summed E-state index contributed by atoms with van der Waals surface area (Å²) in [6.45, 7) is 2.38. The molecule has 2 aromatic rings. The largest absolute Gasteiger partial charge is 0.488 e. The first-order chi connectivity index (χ1) is 9.60. The molecule has 0 atom stereocenters. The summed E-state index contributed by atoms with van der Waals surface area (Å²) < 4.78 is 6.80. The van der Waals surface area contributed by atoms with Crippen molar-refractivity contribution in [1.29, 1.82) is 0 Å². The third kappa shape index (κ3) is 3.51. The highest BCUT2D eigenvalue weighted by Gasteiger charge is 2.09. The number of rotatable bonds is 4. The SMILES string of the molecule is Cc1ccc(/C(N)=N/O)c(OCc2ccc(Br)cc2)c1. The van der Waals surface area contributed by atoms with Crippen molar-refractivity contribution < 1.29 is 9.94 Å². The molecular weight excluding hydrogens is 320 g/mol. The first-order valence-electron chi connectivity index (χ1n) is 6.06. The van der Waals surface area contributed by atoms with E-state index in [1.54, 1.807) is 6.07 Å². The predicted octanol–water partition coefficient (Wildman–Crippen LogP) is 3.43. The summed E-state index contributed by atoms with van der Waals surface area (Å²) in [5.74, 6) is 0.638. The lowest BCUT2D eigenvalue weighted by atomic mass is 10.1. The standard InChI is InChI=1S/C15H15BrN2O2/c1-10-2-7-13(15(17)18-19)14(8-10)20-9-11-3-5-12(16)6-4-11/h2-8,19H,9H2,1H3,(H2,17,18). The van der Waals surface area contributed by atoms with Crippen LogP contribution in [0.25, 0.3) is 0 Å². The van der Waals surface area contributed by atoms with Crippen molar-refractivity contribution in [3.63, 3.8) is 0 Å². The molecule has 5 heteroatoms. The predicted molar refractivity (Wildman–Crippen MR) is 82.2 cm³/mol. The van der Waals surface area contributed by atoms with Crippen molar-refractivity contribution in [3.8, 4) is 5.75 Å². The van der Waals surface area contributed by atoms with Crippen LogP contribution in [0.5, 0.6) is 5.75 Å². The van der Waals surface area contributed by atoms with Gasteiger partial charge in [0.2, 0.25) is 0 Å². The molecule has 0 fully saturated rings. The summed E-state index contributed by atoms with van der Waals surface area (Å²) in [7, 11) is 0. The van der Waals surface area contributed by atoms with Gasteiger partial charge in [-0.1, -0.05) is 39.3 Å². The second-order valence-electron chi connectivity index (χ2n) is 4.40. The third-order valence-corrected chi connectivity index (χ3v) is 3.36. The summed E-state index contributed by atoms with van der Waals surface area (Å²) in [4.78, 5) is 0.